The van der Waals surface area contributed by atoms with Crippen LogP contribution in [0.2, 0.25) is 5.02 Å². The Bertz CT molecular complexity index is 1790. The highest BCUT2D eigenvalue weighted by Gasteiger charge is 2.26. The molecule has 0 saturated heterocycles. The number of halogens is 2. The van der Waals surface area contributed by atoms with Crippen molar-refractivity contribution >= 4 is 29.1 Å². The summed E-state index contributed by atoms with van der Waals surface area (Å²) in [5.41, 5.74) is 4.14. The first kappa shape index (κ1) is 32.6. The lowest BCUT2D eigenvalue weighted by Gasteiger charge is -2.23. The summed E-state index contributed by atoms with van der Waals surface area (Å²) in [6.45, 7) is 9.69. The second-order valence-electron chi connectivity index (χ2n) is 11.2. The quantitative estimate of drug-likeness (QED) is 0.203. The van der Waals surface area contributed by atoms with Crippen LogP contribution < -0.4 is 15.4 Å². The van der Waals surface area contributed by atoms with Gasteiger partial charge in [0, 0.05) is 29.7 Å². The van der Waals surface area contributed by atoms with Crippen molar-refractivity contribution in [1.82, 2.24) is 25.3 Å². The summed E-state index contributed by atoms with van der Waals surface area (Å²) in [6, 6.07) is 13.5. The molecule has 1 aliphatic heterocycles. The molecule has 0 spiro atoms. The van der Waals surface area contributed by atoms with Crippen LogP contribution in [0.15, 0.2) is 60.9 Å². The van der Waals surface area contributed by atoms with Crippen molar-refractivity contribution in [2.45, 2.75) is 52.5 Å². The molecule has 1 aliphatic rings. The lowest BCUT2D eigenvalue weighted by molar-refractivity contribution is -0.119. The Labute approximate surface area is 272 Å². The zero-order chi connectivity index (χ0) is 33.0. The third kappa shape index (κ3) is 7.04. The smallest absolute Gasteiger partial charge is 0.274 e. The van der Waals surface area contributed by atoms with E-state index in [1.807, 2.05) is 44.2 Å². The molecular formula is C34H36ClFN6O4. The maximum atomic E-state index is 14.8. The van der Waals surface area contributed by atoms with Gasteiger partial charge in [-0.05, 0) is 62.1 Å². The van der Waals surface area contributed by atoms with Crippen molar-refractivity contribution in [3.8, 4) is 22.7 Å². The van der Waals surface area contributed by atoms with Crippen LogP contribution in [-0.4, -0.2) is 45.5 Å². The molecule has 2 bridgehead atoms. The van der Waals surface area contributed by atoms with Gasteiger partial charge in [0.15, 0.2) is 11.5 Å². The minimum absolute atomic E-state index is 0.0370. The number of nitrogens with one attached hydrogen (secondary N) is 2. The molecule has 46 heavy (non-hydrogen) atoms. The summed E-state index contributed by atoms with van der Waals surface area (Å²) in [6.07, 6.45) is 2.18. The molecule has 2 N–H and O–H groups in total. The highest BCUT2D eigenvalue weighted by atomic mass is 35.5. The van der Waals surface area contributed by atoms with Crippen molar-refractivity contribution in [3.05, 3.63) is 94.4 Å². The van der Waals surface area contributed by atoms with E-state index in [9.17, 15) is 14.0 Å². The average Bonchev–Trinajstić information content (AvgIpc) is 3.42. The number of nitrogens with zero attached hydrogens (tertiary/aromatic N) is 4. The second kappa shape index (κ2) is 14.1. The minimum atomic E-state index is -0.665. The second-order valence-corrected chi connectivity index (χ2v) is 11.6. The number of ether oxygens (including phenoxy) is 2. The highest BCUT2D eigenvalue weighted by Crippen LogP contribution is 2.35. The Balaban J connectivity index is 1.55. The molecule has 240 valence electrons. The SMILES string of the molecule is C=C(Cc1ccc2c(c1)NC(=O)[C@@H](C)CCC[C@H](NC(=O)c1nnn(-c3cccc(Cl)c3F)c1C)c1cc-2cc(OCC)n1)OC. The van der Waals surface area contributed by atoms with E-state index in [2.05, 4.69) is 27.5 Å². The normalized spacial score (nSPS) is 16.3. The monoisotopic (exact) mass is 646 g/mol. The number of hydrogen-bond acceptors (Lipinski definition) is 7. The zero-order valence-corrected chi connectivity index (χ0v) is 26.9. The number of amides is 2. The summed E-state index contributed by atoms with van der Waals surface area (Å²) in [4.78, 5) is 31.8. The lowest BCUT2D eigenvalue weighted by atomic mass is 9.94. The molecule has 0 unspecified atom stereocenters. The number of pyridine rings is 1. The van der Waals surface area contributed by atoms with E-state index >= 15 is 0 Å². The summed E-state index contributed by atoms with van der Waals surface area (Å²) >= 11 is 5.97. The van der Waals surface area contributed by atoms with Crippen LogP contribution in [-0.2, 0) is 16.0 Å². The topological polar surface area (TPSA) is 120 Å². The number of hydrogen-bond donors (Lipinski definition) is 2. The number of carbonyl (C=O) groups is 2. The van der Waals surface area contributed by atoms with Gasteiger partial charge in [-0.15, -0.1) is 5.10 Å². The van der Waals surface area contributed by atoms with Gasteiger partial charge in [-0.2, -0.15) is 0 Å². The highest BCUT2D eigenvalue weighted by molar-refractivity contribution is 6.30. The number of methoxy groups -OCH3 is 1. The van der Waals surface area contributed by atoms with Crippen LogP contribution in [0.1, 0.15) is 66.6 Å². The van der Waals surface area contributed by atoms with Gasteiger partial charge in [-0.3, -0.25) is 9.59 Å². The number of aromatic nitrogens is 4. The van der Waals surface area contributed by atoms with Crippen molar-refractivity contribution in [2.75, 3.05) is 19.0 Å². The lowest BCUT2D eigenvalue weighted by Crippen LogP contribution is -2.30. The molecule has 2 aromatic heterocycles. The van der Waals surface area contributed by atoms with Crippen LogP contribution in [0.25, 0.3) is 16.8 Å². The molecule has 0 fully saturated rings. The van der Waals surface area contributed by atoms with Crippen LogP contribution in [0.3, 0.4) is 0 Å². The fourth-order valence-electron chi connectivity index (χ4n) is 5.40. The summed E-state index contributed by atoms with van der Waals surface area (Å²) < 4.78 is 27.1. The van der Waals surface area contributed by atoms with Gasteiger partial charge in [0.25, 0.3) is 5.91 Å². The van der Waals surface area contributed by atoms with E-state index in [0.717, 1.165) is 16.7 Å². The molecule has 4 aromatic rings. The first-order valence-corrected chi connectivity index (χ1v) is 15.5. The summed E-state index contributed by atoms with van der Waals surface area (Å²) in [5, 5.41) is 14.2. The molecule has 2 atom stereocenters. The fourth-order valence-corrected chi connectivity index (χ4v) is 5.57. The number of anilines is 1. The molecule has 0 saturated carbocycles. The predicted octanol–water partition coefficient (Wildman–Crippen LogP) is 6.76. The Morgan fingerprint density at radius 2 is 2.02 bits per heavy atom. The minimum Gasteiger partial charge on any atom is -0.501 e. The molecular weight excluding hydrogens is 611 g/mol. The number of rotatable bonds is 8. The van der Waals surface area contributed by atoms with E-state index in [4.69, 9.17) is 26.1 Å². The first-order chi connectivity index (χ1) is 22.1. The number of benzene rings is 2. The van der Waals surface area contributed by atoms with Gasteiger partial charge < -0.3 is 20.1 Å². The summed E-state index contributed by atoms with van der Waals surface area (Å²) in [7, 11) is 1.57. The summed E-state index contributed by atoms with van der Waals surface area (Å²) in [5.74, 6) is -0.576. The molecule has 0 aliphatic carbocycles. The average molecular weight is 647 g/mol. The van der Waals surface area contributed by atoms with Gasteiger partial charge in [0.05, 0.1) is 41.9 Å². The van der Waals surface area contributed by atoms with Crippen LogP contribution in [0.5, 0.6) is 5.88 Å². The standard InChI is InChI=1S/C34H36ClFN6O4/c1-6-46-30-18-23-17-28(37-30)26(38-34(44)32-21(4)42(41-40-32)29-12-8-10-25(35)31(29)36)11-7-9-19(2)33(43)39-27-16-22(13-14-24(23)27)15-20(3)45-5/h8,10,12-14,16-19,26H,3,6-7,9,11,15H2,1-2,4-5H3,(H,38,44)(H,39,43)/t19-,26-/m0/s1. The number of carbonyl (C=O) groups excluding carboxylic acids is 2. The van der Waals surface area contributed by atoms with Crippen LogP contribution in [0.4, 0.5) is 10.1 Å². The van der Waals surface area contributed by atoms with E-state index < -0.39 is 17.8 Å². The third-order valence-electron chi connectivity index (χ3n) is 7.97. The molecule has 0 radical (unpaired) electrons. The van der Waals surface area contributed by atoms with Crippen molar-refractivity contribution in [1.29, 1.82) is 0 Å². The first-order valence-electron chi connectivity index (χ1n) is 15.1. The molecule has 2 amide bonds. The Morgan fingerprint density at radius 1 is 1.22 bits per heavy atom. The molecule has 3 heterocycles. The Kier molecular flexibility index (Phi) is 10.0. The van der Waals surface area contributed by atoms with Gasteiger partial charge >= 0.3 is 0 Å². The Hall–Kier alpha value is -4.77. The van der Waals surface area contributed by atoms with E-state index in [-0.39, 0.29) is 28.2 Å². The maximum Gasteiger partial charge on any atom is 0.274 e. The van der Waals surface area contributed by atoms with Gasteiger partial charge in [-0.25, -0.2) is 14.1 Å². The van der Waals surface area contributed by atoms with Gasteiger partial charge in [0.1, 0.15) is 5.69 Å². The fraction of sp³-hybridized carbons (Fsp3) is 0.324. The number of allylic oxidation sites excluding steroid dienone is 1. The molecule has 5 rings (SSSR count). The van der Waals surface area contributed by atoms with Crippen LogP contribution in [0, 0.1) is 18.7 Å². The molecule has 10 nitrogen and oxygen atoms in total. The van der Waals surface area contributed by atoms with Crippen molar-refractivity contribution in [2.24, 2.45) is 5.92 Å². The predicted molar refractivity (Wildman–Crippen MR) is 174 cm³/mol. The van der Waals surface area contributed by atoms with Crippen molar-refractivity contribution < 1.29 is 23.5 Å². The molecule has 12 heteroatoms. The van der Waals surface area contributed by atoms with Gasteiger partial charge in [-0.1, -0.05) is 54.9 Å². The van der Waals surface area contributed by atoms with Crippen LogP contribution >= 0.6 is 11.6 Å². The largest absolute Gasteiger partial charge is 0.501 e. The molecule has 2 aromatic carbocycles. The zero-order valence-electron chi connectivity index (χ0n) is 26.2. The van der Waals surface area contributed by atoms with E-state index in [1.165, 1.54) is 16.8 Å². The number of fused-ring (bicyclic) bond motifs is 4. The van der Waals surface area contributed by atoms with Crippen molar-refractivity contribution in [3.63, 3.8) is 0 Å². The van der Waals surface area contributed by atoms with E-state index in [1.54, 1.807) is 20.1 Å². The Morgan fingerprint density at radius 3 is 2.78 bits per heavy atom. The van der Waals surface area contributed by atoms with Gasteiger partial charge in [0.2, 0.25) is 11.8 Å². The maximum absolute atomic E-state index is 14.8. The van der Waals surface area contributed by atoms with E-state index in [0.29, 0.717) is 61.0 Å². The third-order valence-corrected chi connectivity index (χ3v) is 8.26.